The Kier molecular flexibility index (Phi) is 3.87. The van der Waals surface area contributed by atoms with Gasteiger partial charge in [-0.15, -0.1) is 0 Å². The maximum absolute atomic E-state index is 12.6. The molecule has 1 aromatic heterocycles. The zero-order chi connectivity index (χ0) is 15.6. The molecule has 1 atom stereocenters. The van der Waals surface area contributed by atoms with E-state index in [-0.39, 0.29) is 11.9 Å². The van der Waals surface area contributed by atoms with Crippen LogP contribution in [0.25, 0.3) is 11.5 Å². The van der Waals surface area contributed by atoms with Crippen LogP contribution >= 0.6 is 0 Å². The smallest absolute Gasteiger partial charge is 0.240 e. The van der Waals surface area contributed by atoms with Crippen molar-refractivity contribution in [1.29, 1.82) is 0 Å². The van der Waals surface area contributed by atoms with Crippen molar-refractivity contribution < 1.29 is 9.21 Å². The van der Waals surface area contributed by atoms with Crippen molar-refractivity contribution in [3.8, 4) is 11.5 Å². The summed E-state index contributed by atoms with van der Waals surface area (Å²) in [6.07, 6.45) is 3.98. The van der Waals surface area contributed by atoms with E-state index in [4.69, 9.17) is 4.42 Å². The van der Waals surface area contributed by atoms with Gasteiger partial charge in [0.05, 0.1) is 12.6 Å². The summed E-state index contributed by atoms with van der Waals surface area (Å²) in [7, 11) is 0. The molecule has 0 bridgehead atoms. The Morgan fingerprint density at radius 2 is 2.13 bits per heavy atom. The Morgan fingerprint density at radius 3 is 2.91 bits per heavy atom. The van der Waals surface area contributed by atoms with Crippen molar-refractivity contribution in [2.75, 3.05) is 13.1 Å². The van der Waals surface area contributed by atoms with E-state index >= 15 is 0 Å². The summed E-state index contributed by atoms with van der Waals surface area (Å²) in [6, 6.07) is 9.89. The molecule has 2 aromatic rings. The summed E-state index contributed by atoms with van der Waals surface area (Å²) in [5.74, 6) is 1.78. The highest BCUT2D eigenvalue weighted by Crippen LogP contribution is 2.26. The molecule has 3 heterocycles. The van der Waals surface area contributed by atoms with Crippen LogP contribution in [0.2, 0.25) is 0 Å². The van der Waals surface area contributed by atoms with Crippen LogP contribution in [0.1, 0.15) is 30.7 Å². The topological polar surface area (TPSA) is 58.4 Å². The van der Waals surface area contributed by atoms with E-state index in [1.807, 2.05) is 35.2 Å². The van der Waals surface area contributed by atoms with Gasteiger partial charge in [-0.25, -0.2) is 4.98 Å². The number of piperidine rings is 1. The van der Waals surface area contributed by atoms with Gasteiger partial charge in [-0.1, -0.05) is 24.6 Å². The van der Waals surface area contributed by atoms with Gasteiger partial charge in [0.2, 0.25) is 11.8 Å². The van der Waals surface area contributed by atoms with Gasteiger partial charge in [-0.2, -0.15) is 0 Å². The number of fused-ring (bicyclic) bond motifs is 1. The number of rotatable bonds is 2. The van der Waals surface area contributed by atoms with Crippen LogP contribution < -0.4 is 5.32 Å². The highest BCUT2D eigenvalue weighted by Gasteiger charge is 2.30. The first-order valence-electron chi connectivity index (χ1n) is 8.37. The predicted octanol–water partition coefficient (Wildman–Crippen LogP) is 2.37. The highest BCUT2D eigenvalue weighted by atomic mass is 16.4. The predicted molar refractivity (Wildman–Crippen MR) is 86.7 cm³/mol. The van der Waals surface area contributed by atoms with Gasteiger partial charge in [-0.3, -0.25) is 4.79 Å². The number of carbonyl (C=O) groups is 1. The van der Waals surface area contributed by atoms with E-state index in [0.29, 0.717) is 19.0 Å². The van der Waals surface area contributed by atoms with Crippen molar-refractivity contribution in [2.45, 2.75) is 38.3 Å². The summed E-state index contributed by atoms with van der Waals surface area (Å²) >= 11 is 0. The lowest BCUT2D eigenvalue weighted by Crippen LogP contribution is -2.49. The average Bonchev–Trinajstić information content (AvgIpc) is 3.06. The fraction of sp³-hybridized carbons (Fsp3) is 0.444. The van der Waals surface area contributed by atoms with Gasteiger partial charge >= 0.3 is 0 Å². The standard InChI is InChI=1S/C18H21N3O2/c22-18(14-8-4-5-10-19-14)21-11-9-16-15(12-21)20-17(23-16)13-6-2-1-3-7-13/h1-3,6-7,14,19H,4-5,8-12H2. The number of hydrogen-bond donors (Lipinski definition) is 1. The summed E-state index contributed by atoms with van der Waals surface area (Å²) in [6.45, 7) is 2.22. The Bertz CT molecular complexity index is 690. The van der Waals surface area contributed by atoms with E-state index in [1.165, 1.54) is 0 Å². The van der Waals surface area contributed by atoms with Crippen molar-refractivity contribution in [3.05, 3.63) is 41.8 Å². The molecule has 0 radical (unpaired) electrons. The maximum Gasteiger partial charge on any atom is 0.240 e. The SMILES string of the molecule is O=C(C1CCCCN1)N1CCc2oc(-c3ccccc3)nc2C1. The molecule has 5 heteroatoms. The molecule has 1 fully saturated rings. The van der Waals surface area contributed by atoms with Crippen molar-refractivity contribution >= 4 is 5.91 Å². The number of benzene rings is 1. The lowest BCUT2D eigenvalue weighted by Gasteiger charge is -2.31. The molecule has 4 rings (SSSR count). The van der Waals surface area contributed by atoms with Gasteiger partial charge in [0.25, 0.3) is 0 Å². The van der Waals surface area contributed by atoms with Crippen LogP contribution in [0.3, 0.4) is 0 Å². The number of aromatic nitrogens is 1. The zero-order valence-electron chi connectivity index (χ0n) is 13.1. The molecule has 1 saturated heterocycles. The Morgan fingerprint density at radius 1 is 1.26 bits per heavy atom. The Balaban J connectivity index is 1.51. The normalized spacial score (nSPS) is 21.0. The Labute approximate surface area is 135 Å². The molecule has 0 spiro atoms. The summed E-state index contributed by atoms with van der Waals surface area (Å²) < 4.78 is 5.90. The number of nitrogens with zero attached hydrogens (tertiary/aromatic N) is 2. The molecule has 0 aliphatic carbocycles. The van der Waals surface area contributed by atoms with Gasteiger partial charge in [0.1, 0.15) is 11.5 Å². The summed E-state index contributed by atoms with van der Waals surface area (Å²) in [5, 5.41) is 3.34. The number of carbonyl (C=O) groups excluding carboxylic acids is 1. The van der Waals surface area contributed by atoms with Crippen LogP contribution in [0.15, 0.2) is 34.7 Å². The van der Waals surface area contributed by atoms with Crippen molar-refractivity contribution in [3.63, 3.8) is 0 Å². The quantitative estimate of drug-likeness (QED) is 0.925. The molecule has 23 heavy (non-hydrogen) atoms. The van der Waals surface area contributed by atoms with Gasteiger partial charge in [-0.05, 0) is 31.5 Å². The number of hydrogen-bond acceptors (Lipinski definition) is 4. The highest BCUT2D eigenvalue weighted by molar-refractivity contribution is 5.82. The molecule has 1 amide bonds. The molecule has 2 aliphatic heterocycles. The minimum absolute atomic E-state index is 0.0224. The van der Waals surface area contributed by atoms with Crippen LogP contribution in [-0.2, 0) is 17.8 Å². The van der Waals surface area contributed by atoms with Crippen LogP contribution in [0, 0.1) is 0 Å². The molecule has 120 valence electrons. The first-order chi connectivity index (χ1) is 11.3. The largest absolute Gasteiger partial charge is 0.441 e. The monoisotopic (exact) mass is 311 g/mol. The molecule has 2 aliphatic rings. The zero-order valence-corrected chi connectivity index (χ0v) is 13.1. The van der Waals surface area contributed by atoms with Crippen molar-refractivity contribution in [2.24, 2.45) is 0 Å². The van der Waals surface area contributed by atoms with Gasteiger partial charge < -0.3 is 14.6 Å². The van der Waals surface area contributed by atoms with E-state index in [1.54, 1.807) is 0 Å². The molecule has 0 saturated carbocycles. The van der Waals surface area contributed by atoms with Crippen LogP contribution in [0.4, 0.5) is 0 Å². The molecular formula is C18H21N3O2. The second kappa shape index (κ2) is 6.16. The fourth-order valence-corrected chi connectivity index (χ4v) is 3.37. The first-order valence-corrected chi connectivity index (χ1v) is 8.37. The van der Waals surface area contributed by atoms with Crippen molar-refractivity contribution in [1.82, 2.24) is 15.2 Å². The third-order valence-corrected chi connectivity index (χ3v) is 4.67. The molecular weight excluding hydrogens is 290 g/mol. The third kappa shape index (κ3) is 2.88. The molecule has 1 N–H and O–H groups in total. The van der Waals surface area contributed by atoms with E-state index in [9.17, 15) is 4.79 Å². The molecule has 1 aromatic carbocycles. The third-order valence-electron chi connectivity index (χ3n) is 4.67. The lowest BCUT2D eigenvalue weighted by atomic mass is 10.0. The van der Waals surface area contributed by atoms with E-state index in [2.05, 4.69) is 10.3 Å². The Hall–Kier alpha value is -2.14. The molecule has 1 unspecified atom stereocenters. The molecule has 5 nitrogen and oxygen atoms in total. The van der Waals surface area contributed by atoms with E-state index < -0.39 is 0 Å². The minimum Gasteiger partial charge on any atom is -0.441 e. The maximum atomic E-state index is 12.6. The second-order valence-corrected chi connectivity index (χ2v) is 6.27. The van der Waals surface area contributed by atoms with Gasteiger partial charge in [0.15, 0.2) is 0 Å². The van der Waals surface area contributed by atoms with Gasteiger partial charge in [0, 0.05) is 18.5 Å². The van der Waals surface area contributed by atoms with Crippen LogP contribution in [-0.4, -0.2) is 34.9 Å². The summed E-state index contributed by atoms with van der Waals surface area (Å²) in [5.41, 5.74) is 1.88. The van der Waals surface area contributed by atoms with Crippen LogP contribution in [0.5, 0.6) is 0 Å². The average molecular weight is 311 g/mol. The lowest BCUT2D eigenvalue weighted by molar-refractivity contribution is -0.135. The summed E-state index contributed by atoms with van der Waals surface area (Å²) in [4.78, 5) is 19.2. The number of amides is 1. The van der Waals surface area contributed by atoms with E-state index in [0.717, 1.165) is 49.2 Å². The minimum atomic E-state index is -0.0224. The number of oxazole rings is 1. The fourth-order valence-electron chi connectivity index (χ4n) is 3.37. The number of nitrogens with one attached hydrogen (secondary N) is 1. The first kappa shape index (κ1) is 14.5. The second-order valence-electron chi connectivity index (χ2n) is 6.27.